The molecular formula is C9H16N2O3S. The van der Waals surface area contributed by atoms with Crippen molar-refractivity contribution in [2.24, 2.45) is 5.92 Å². The number of rotatable bonds is 4. The molecule has 0 heterocycles. The molecule has 1 aliphatic rings. The highest BCUT2D eigenvalue weighted by Gasteiger charge is 2.21. The molecule has 1 fully saturated rings. The van der Waals surface area contributed by atoms with Crippen LogP contribution in [0.25, 0.3) is 0 Å². The maximum absolute atomic E-state index is 11.2. The zero-order valence-corrected chi connectivity index (χ0v) is 9.33. The zero-order valence-electron chi connectivity index (χ0n) is 8.52. The fraction of sp³-hybridized carbons (Fsp3) is 0.889. The van der Waals surface area contributed by atoms with Crippen molar-refractivity contribution >= 4 is 10.0 Å². The summed E-state index contributed by atoms with van der Waals surface area (Å²) in [7, 11) is -3.44. The first-order valence-electron chi connectivity index (χ1n) is 5.06. The fourth-order valence-corrected chi connectivity index (χ4v) is 2.59. The summed E-state index contributed by atoms with van der Waals surface area (Å²) < 4.78 is 24.7. The Morgan fingerprint density at radius 3 is 2.80 bits per heavy atom. The molecule has 0 bridgehead atoms. The molecular weight excluding hydrogens is 216 g/mol. The van der Waals surface area contributed by atoms with Gasteiger partial charge in [0, 0.05) is 6.54 Å². The highest BCUT2D eigenvalue weighted by molar-refractivity contribution is 7.89. The van der Waals surface area contributed by atoms with Crippen LogP contribution in [0.3, 0.4) is 0 Å². The van der Waals surface area contributed by atoms with E-state index >= 15 is 0 Å². The lowest BCUT2D eigenvalue weighted by atomic mass is 9.87. The van der Waals surface area contributed by atoms with Crippen molar-refractivity contribution in [2.45, 2.75) is 31.8 Å². The molecule has 6 heteroatoms. The molecule has 0 radical (unpaired) electrons. The van der Waals surface area contributed by atoms with Gasteiger partial charge in [-0.05, 0) is 25.2 Å². The zero-order chi connectivity index (χ0) is 11.3. The molecule has 0 aromatic heterocycles. The van der Waals surface area contributed by atoms with Crippen molar-refractivity contribution in [1.29, 1.82) is 5.26 Å². The summed E-state index contributed by atoms with van der Waals surface area (Å²) in [4.78, 5) is 0. The third-order valence-electron chi connectivity index (χ3n) is 2.60. The second-order valence-electron chi connectivity index (χ2n) is 3.95. The number of nitrogens with one attached hydrogen (secondary N) is 1. The van der Waals surface area contributed by atoms with E-state index in [0.29, 0.717) is 13.0 Å². The van der Waals surface area contributed by atoms with Crippen molar-refractivity contribution in [2.75, 3.05) is 12.3 Å². The first-order valence-corrected chi connectivity index (χ1v) is 6.71. The van der Waals surface area contributed by atoms with Crippen LogP contribution in [0.1, 0.15) is 25.7 Å². The van der Waals surface area contributed by atoms with E-state index < -0.39 is 15.8 Å². The summed E-state index contributed by atoms with van der Waals surface area (Å²) in [6, 6.07) is 1.60. The lowest BCUT2D eigenvalue weighted by Crippen LogP contribution is -2.34. The first-order chi connectivity index (χ1) is 7.03. The van der Waals surface area contributed by atoms with Crippen LogP contribution >= 0.6 is 0 Å². The maximum atomic E-state index is 11.2. The van der Waals surface area contributed by atoms with Gasteiger partial charge in [0.25, 0.3) is 0 Å². The van der Waals surface area contributed by atoms with Gasteiger partial charge in [0.1, 0.15) is 0 Å². The number of hydrogen-bond donors (Lipinski definition) is 2. The molecule has 2 unspecified atom stereocenters. The second kappa shape index (κ2) is 5.45. The SMILES string of the molecule is N#CCS(=O)(=O)NCC1CCCC(O)C1. The van der Waals surface area contributed by atoms with Crippen LogP contribution in [-0.2, 0) is 10.0 Å². The van der Waals surface area contributed by atoms with E-state index in [1.807, 2.05) is 0 Å². The minimum absolute atomic E-state index is 0.196. The molecule has 1 saturated carbocycles. The van der Waals surface area contributed by atoms with Gasteiger partial charge in [-0.15, -0.1) is 0 Å². The molecule has 0 spiro atoms. The van der Waals surface area contributed by atoms with Gasteiger partial charge < -0.3 is 5.11 Å². The van der Waals surface area contributed by atoms with E-state index in [1.54, 1.807) is 6.07 Å². The van der Waals surface area contributed by atoms with Gasteiger partial charge in [0.2, 0.25) is 10.0 Å². The van der Waals surface area contributed by atoms with Gasteiger partial charge in [-0.25, -0.2) is 13.1 Å². The van der Waals surface area contributed by atoms with Crippen molar-refractivity contribution < 1.29 is 13.5 Å². The molecule has 0 aliphatic heterocycles. The highest BCUT2D eigenvalue weighted by atomic mass is 32.2. The quantitative estimate of drug-likeness (QED) is 0.712. The predicted octanol–water partition coefficient (Wildman–Crippen LogP) is -0.0195. The molecule has 1 aliphatic carbocycles. The lowest BCUT2D eigenvalue weighted by molar-refractivity contribution is 0.102. The Morgan fingerprint density at radius 1 is 1.47 bits per heavy atom. The third-order valence-corrected chi connectivity index (χ3v) is 3.72. The van der Waals surface area contributed by atoms with Crippen LogP contribution in [0.4, 0.5) is 0 Å². The average Bonchev–Trinajstić information content (AvgIpc) is 2.15. The van der Waals surface area contributed by atoms with Gasteiger partial charge in [-0.1, -0.05) is 6.42 Å². The van der Waals surface area contributed by atoms with E-state index in [4.69, 9.17) is 5.26 Å². The summed E-state index contributed by atoms with van der Waals surface area (Å²) in [5.41, 5.74) is 0. The predicted molar refractivity (Wildman–Crippen MR) is 55.4 cm³/mol. The number of aliphatic hydroxyl groups excluding tert-OH is 1. The topological polar surface area (TPSA) is 90.2 Å². The molecule has 0 amide bonds. The smallest absolute Gasteiger partial charge is 0.225 e. The number of nitriles is 1. The minimum atomic E-state index is -3.44. The van der Waals surface area contributed by atoms with Crippen molar-refractivity contribution in [1.82, 2.24) is 4.72 Å². The standard InChI is InChI=1S/C9H16N2O3S/c10-4-5-15(13,14)11-7-8-2-1-3-9(12)6-8/h8-9,11-12H,1-3,5-7H2. The van der Waals surface area contributed by atoms with E-state index in [1.165, 1.54) is 0 Å². The largest absolute Gasteiger partial charge is 0.393 e. The van der Waals surface area contributed by atoms with Crippen LogP contribution < -0.4 is 4.72 Å². The first kappa shape index (κ1) is 12.4. The summed E-state index contributed by atoms with van der Waals surface area (Å²) >= 11 is 0. The third kappa shape index (κ3) is 4.60. The van der Waals surface area contributed by atoms with Crippen LogP contribution in [0.2, 0.25) is 0 Å². The van der Waals surface area contributed by atoms with E-state index in [9.17, 15) is 13.5 Å². The molecule has 0 aromatic rings. The molecule has 0 aromatic carbocycles. The Bertz CT molecular complexity index is 334. The Morgan fingerprint density at radius 2 is 2.20 bits per heavy atom. The van der Waals surface area contributed by atoms with Crippen LogP contribution in [0.15, 0.2) is 0 Å². The summed E-state index contributed by atoms with van der Waals surface area (Å²) in [5, 5.41) is 17.7. The molecule has 15 heavy (non-hydrogen) atoms. The van der Waals surface area contributed by atoms with E-state index in [-0.39, 0.29) is 12.0 Å². The molecule has 2 atom stereocenters. The number of sulfonamides is 1. The van der Waals surface area contributed by atoms with Crippen molar-refractivity contribution in [3.05, 3.63) is 0 Å². The van der Waals surface area contributed by atoms with E-state index in [0.717, 1.165) is 19.3 Å². The van der Waals surface area contributed by atoms with Gasteiger partial charge in [-0.2, -0.15) is 5.26 Å². The number of nitrogens with zero attached hydrogens (tertiary/aromatic N) is 1. The highest BCUT2D eigenvalue weighted by Crippen LogP contribution is 2.23. The molecule has 2 N–H and O–H groups in total. The minimum Gasteiger partial charge on any atom is -0.393 e. The van der Waals surface area contributed by atoms with Crippen LogP contribution in [0, 0.1) is 17.2 Å². The Kier molecular flexibility index (Phi) is 4.51. The molecule has 86 valence electrons. The van der Waals surface area contributed by atoms with Crippen molar-refractivity contribution in [3.8, 4) is 6.07 Å². The molecule has 0 saturated heterocycles. The van der Waals surface area contributed by atoms with Gasteiger partial charge in [-0.3, -0.25) is 0 Å². The normalized spacial score (nSPS) is 27.2. The number of aliphatic hydroxyl groups is 1. The monoisotopic (exact) mass is 232 g/mol. The van der Waals surface area contributed by atoms with Gasteiger partial charge in [0.15, 0.2) is 5.75 Å². The Balaban J connectivity index is 2.34. The Hall–Kier alpha value is -0.640. The second-order valence-corrected chi connectivity index (χ2v) is 5.76. The summed E-state index contributed by atoms with van der Waals surface area (Å²) in [6.07, 6.45) is 3.03. The molecule has 5 nitrogen and oxygen atoms in total. The fourth-order valence-electron chi connectivity index (χ4n) is 1.83. The summed E-state index contributed by atoms with van der Waals surface area (Å²) in [5.74, 6) is -0.301. The summed E-state index contributed by atoms with van der Waals surface area (Å²) in [6.45, 7) is 0.334. The van der Waals surface area contributed by atoms with Gasteiger partial charge >= 0.3 is 0 Å². The van der Waals surface area contributed by atoms with Crippen molar-refractivity contribution in [3.63, 3.8) is 0 Å². The molecule has 1 rings (SSSR count). The Labute approximate surface area is 90.2 Å². The van der Waals surface area contributed by atoms with E-state index in [2.05, 4.69) is 4.72 Å². The van der Waals surface area contributed by atoms with Crippen LogP contribution in [0.5, 0.6) is 0 Å². The lowest BCUT2D eigenvalue weighted by Gasteiger charge is -2.25. The number of hydrogen-bond acceptors (Lipinski definition) is 4. The van der Waals surface area contributed by atoms with Gasteiger partial charge in [0.05, 0.1) is 12.2 Å². The average molecular weight is 232 g/mol. The maximum Gasteiger partial charge on any atom is 0.225 e. The van der Waals surface area contributed by atoms with Crippen LogP contribution in [-0.4, -0.2) is 31.9 Å².